The third-order valence-electron chi connectivity index (χ3n) is 3.70. The van der Waals surface area contributed by atoms with Crippen LogP contribution in [0.4, 0.5) is 0 Å². The van der Waals surface area contributed by atoms with Gasteiger partial charge in [-0.05, 0) is 59.1 Å². The van der Waals surface area contributed by atoms with Crippen molar-refractivity contribution < 1.29 is 12.8 Å². The Labute approximate surface area is 186 Å². The van der Waals surface area contributed by atoms with Gasteiger partial charge in [0.15, 0.2) is 20.5 Å². The molecule has 150 valence electrons. The molecule has 0 bridgehead atoms. The molecule has 0 saturated heterocycles. The van der Waals surface area contributed by atoms with Gasteiger partial charge in [0.1, 0.15) is 5.76 Å². The van der Waals surface area contributed by atoms with Gasteiger partial charge in [0, 0.05) is 25.8 Å². The summed E-state index contributed by atoms with van der Waals surface area (Å²) >= 11 is 3.29. The number of aliphatic imine (C=N–C) groups is 1. The number of aryl methyl sites for hydroxylation is 1. The standard InChI is InChI=1S/C18H24BrN3O3S.HI/c1-4-20-18(21-10-9-15-6-8-17(19)25-15)22-12-14-5-7-16(13(2)11-14)26(3,23)24;/h5-8,11H,4,9-10,12H2,1-3H3,(H2,20,21,22);1H. The molecule has 0 radical (unpaired) electrons. The Balaban J connectivity index is 0.00000364. The summed E-state index contributed by atoms with van der Waals surface area (Å²) in [4.78, 5) is 4.92. The van der Waals surface area contributed by atoms with E-state index in [1.54, 1.807) is 19.1 Å². The zero-order valence-corrected chi connectivity index (χ0v) is 20.3. The summed E-state index contributed by atoms with van der Waals surface area (Å²) in [6.07, 6.45) is 1.97. The first-order valence-electron chi connectivity index (χ1n) is 8.35. The minimum Gasteiger partial charge on any atom is -0.454 e. The van der Waals surface area contributed by atoms with Crippen molar-refractivity contribution in [2.75, 3.05) is 19.3 Å². The first kappa shape index (κ1) is 24.0. The number of guanidine groups is 1. The molecule has 6 nitrogen and oxygen atoms in total. The molecule has 2 rings (SSSR count). The molecule has 1 aromatic carbocycles. The zero-order chi connectivity index (χ0) is 19.2. The fourth-order valence-electron chi connectivity index (χ4n) is 2.53. The maximum Gasteiger partial charge on any atom is 0.191 e. The van der Waals surface area contributed by atoms with Crippen LogP contribution in [0.2, 0.25) is 0 Å². The Bertz CT molecular complexity index is 882. The lowest BCUT2D eigenvalue weighted by atomic mass is 10.1. The van der Waals surface area contributed by atoms with E-state index in [1.807, 2.05) is 25.1 Å². The van der Waals surface area contributed by atoms with Crippen molar-refractivity contribution in [2.45, 2.75) is 31.7 Å². The number of nitrogens with zero attached hydrogens (tertiary/aromatic N) is 1. The minimum atomic E-state index is -3.20. The van der Waals surface area contributed by atoms with Crippen LogP contribution in [0, 0.1) is 6.92 Å². The van der Waals surface area contributed by atoms with Gasteiger partial charge < -0.3 is 15.1 Å². The van der Waals surface area contributed by atoms with Gasteiger partial charge >= 0.3 is 0 Å². The molecule has 0 aliphatic carbocycles. The van der Waals surface area contributed by atoms with Crippen molar-refractivity contribution in [2.24, 2.45) is 4.99 Å². The molecular weight excluding hydrogens is 545 g/mol. The van der Waals surface area contributed by atoms with Crippen molar-refractivity contribution in [3.05, 3.63) is 51.9 Å². The van der Waals surface area contributed by atoms with Crippen molar-refractivity contribution >= 4 is 55.7 Å². The molecule has 0 aliphatic heterocycles. The zero-order valence-electron chi connectivity index (χ0n) is 15.6. The molecular formula is C18H25BrIN3O3S. The molecule has 0 unspecified atom stereocenters. The highest BCUT2D eigenvalue weighted by Crippen LogP contribution is 2.17. The van der Waals surface area contributed by atoms with E-state index in [2.05, 4.69) is 31.6 Å². The lowest BCUT2D eigenvalue weighted by Gasteiger charge is -2.11. The molecule has 2 N–H and O–H groups in total. The van der Waals surface area contributed by atoms with Gasteiger partial charge in [0.25, 0.3) is 0 Å². The number of furan rings is 1. The predicted molar refractivity (Wildman–Crippen MR) is 123 cm³/mol. The number of nitrogens with one attached hydrogen (secondary N) is 2. The molecule has 2 aromatic rings. The van der Waals surface area contributed by atoms with Crippen LogP contribution in [-0.2, 0) is 22.8 Å². The maximum absolute atomic E-state index is 11.7. The topological polar surface area (TPSA) is 83.7 Å². The summed E-state index contributed by atoms with van der Waals surface area (Å²) in [5, 5.41) is 6.46. The molecule has 27 heavy (non-hydrogen) atoms. The highest BCUT2D eigenvalue weighted by molar-refractivity contribution is 14.0. The van der Waals surface area contributed by atoms with Gasteiger partial charge in [-0.15, -0.1) is 24.0 Å². The van der Waals surface area contributed by atoms with Crippen molar-refractivity contribution in [3.63, 3.8) is 0 Å². The van der Waals surface area contributed by atoms with Crippen LogP contribution < -0.4 is 10.6 Å². The monoisotopic (exact) mass is 569 g/mol. The summed E-state index contributed by atoms with van der Waals surface area (Å²) in [6, 6.07) is 9.12. The number of rotatable bonds is 7. The first-order valence-corrected chi connectivity index (χ1v) is 11.0. The largest absolute Gasteiger partial charge is 0.454 e. The Kier molecular flexibility index (Phi) is 9.82. The van der Waals surface area contributed by atoms with Crippen LogP contribution in [-0.4, -0.2) is 33.7 Å². The lowest BCUT2D eigenvalue weighted by Crippen LogP contribution is -2.38. The van der Waals surface area contributed by atoms with Crippen LogP contribution >= 0.6 is 39.9 Å². The maximum atomic E-state index is 11.7. The summed E-state index contributed by atoms with van der Waals surface area (Å²) in [6.45, 7) is 5.72. The van der Waals surface area contributed by atoms with E-state index < -0.39 is 9.84 Å². The summed E-state index contributed by atoms with van der Waals surface area (Å²) in [5.41, 5.74) is 1.70. The number of hydrogen-bond acceptors (Lipinski definition) is 4. The molecule has 0 atom stereocenters. The van der Waals surface area contributed by atoms with Crippen molar-refractivity contribution in [1.82, 2.24) is 10.6 Å². The second-order valence-electron chi connectivity index (χ2n) is 5.95. The van der Waals surface area contributed by atoms with Gasteiger partial charge in [-0.2, -0.15) is 0 Å². The molecule has 0 aliphatic rings. The van der Waals surface area contributed by atoms with Gasteiger partial charge in [0.2, 0.25) is 0 Å². The summed E-state index contributed by atoms with van der Waals surface area (Å²) in [7, 11) is -3.20. The summed E-state index contributed by atoms with van der Waals surface area (Å²) in [5.74, 6) is 1.61. The normalized spacial score (nSPS) is 11.8. The molecule has 0 saturated carbocycles. The quantitative estimate of drug-likeness (QED) is 0.302. The van der Waals surface area contributed by atoms with E-state index in [-0.39, 0.29) is 24.0 Å². The SMILES string of the molecule is CCNC(=NCc1ccc(S(C)(=O)=O)c(C)c1)NCCc1ccc(Br)o1.I. The van der Waals surface area contributed by atoms with E-state index in [1.165, 1.54) is 6.26 Å². The molecule has 9 heteroatoms. The molecule has 0 amide bonds. The van der Waals surface area contributed by atoms with Crippen molar-refractivity contribution in [1.29, 1.82) is 0 Å². The molecule has 1 aromatic heterocycles. The highest BCUT2D eigenvalue weighted by Gasteiger charge is 2.10. The highest BCUT2D eigenvalue weighted by atomic mass is 127. The smallest absolute Gasteiger partial charge is 0.191 e. The molecule has 0 spiro atoms. The van der Waals surface area contributed by atoms with E-state index >= 15 is 0 Å². The number of hydrogen-bond donors (Lipinski definition) is 2. The fourth-order valence-corrected chi connectivity index (χ4v) is 3.83. The second kappa shape index (κ2) is 11.1. The second-order valence-corrected chi connectivity index (χ2v) is 8.72. The number of sulfone groups is 1. The first-order chi connectivity index (χ1) is 12.3. The van der Waals surface area contributed by atoms with E-state index in [4.69, 9.17) is 4.42 Å². The third-order valence-corrected chi connectivity index (χ3v) is 5.38. The van der Waals surface area contributed by atoms with Gasteiger partial charge in [-0.3, -0.25) is 0 Å². The van der Waals surface area contributed by atoms with Crippen LogP contribution in [0.3, 0.4) is 0 Å². The molecule has 1 heterocycles. The van der Waals surface area contributed by atoms with E-state index in [0.717, 1.165) is 34.5 Å². The van der Waals surface area contributed by atoms with Gasteiger partial charge in [-0.1, -0.05) is 12.1 Å². The lowest BCUT2D eigenvalue weighted by molar-refractivity contribution is 0.486. The average molecular weight is 570 g/mol. The number of halogens is 2. The predicted octanol–water partition coefficient (Wildman–Crippen LogP) is 3.67. The van der Waals surface area contributed by atoms with Crippen LogP contribution in [0.15, 0.2) is 49.3 Å². The Morgan fingerprint density at radius 3 is 2.52 bits per heavy atom. The average Bonchev–Trinajstić information content (AvgIpc) is 2.97. The van der Waals surface area contributed by atoms with Gasteiger partial charge in [-0.25, -0.2) is 13.4 Å². The molecule has 0 fully saturated rings. The third kappa shape index (κ3) is 7.82. The Morgan fingerprint density at radius 1 is 1.22 bits per heavy atom. The minimum absolute atomic E-state index is 0. The van der Waals surface area contributed by atoms with Crippen LogP contribution in [0.1, 0.15) is 23.8 Å². The van der Waals surface area contributed by atoms with E-state index in [0.29, 0.717) is 23.9 Å². The van der Waals surface area contributed by atoms with Gasteiger partial charge in [0.05, 0.1) is 11.4 Å². The van der Waals surface area contributed by atoms with Crippen molar-refractivity contribution in [3.8, 4) is 0 Å². The Morgan fingerprint density at radius 2 is 1.96 bits per heavy atom. The fraction of sp³-hybridized carbons (Fsp3) is 0.389. The number of benzene rings is 1. The Hall–Kier alpha value is -1.07. The summed E-state index contributed by atoms with van der Waals surface area (Å²) < 4.78 is 29.6. The van der Waals surface area contributed by atoms with Crippen LogP contribution in [0.5, 0.6) is 0 Å². The van der Waals surface area contributed by atoms with E-state index in [9.17, 15) is 8.42 Å². The van der Waals surface area contributed by atoms with Crippen LogP contribution in [0.25, 0.3) is 0 Å².